The zero-order valence-electron chi connectivity index (χ0n) is 26.4. The van der Waals surface area contributed by atoms with Crippen molar-refractivity contribution < 1.29 is 33.5 Å². The number of aromatic nitrogens is 3. The minimum absolute atomic E-state index is 0.169. The number of nitrogens with one attached hydrogen (secondary N) is 2. The van der Waals surface area contributed by atoms with Crippen molar-refractivity contribution in [3.63, 3.8) is 0 Å². The number of rotatable bonds is 10. The van der Waals surface area contributed by atoms with E-state index >= 15 is 0 Å². The standard InChI is InChI=1S/C30H49N7O7/c1-20-4-5-23-21(2)24(41-25-30(23)22(20)6-7-29(3,42-25)43-44-30)40-15-10-31-8-9-32-26-33-27(36-11-16-38-17-12-36)35-28(34-26)37-13-18-39-19-14-37/h20-25,31H,4-19H2,1-3H3,(H,32,33,34,35)/t20-,21-,22+,23+,24+,25-,29-,30-/m1/s1. The Morgan fingerprint density at radius 1 is 0.841 bits per heavy atom. The van der Waals surface area contributed by atoms with Crippen LogP contribution in [0.15, 0.2) is 0 Å². The molecule has 1 spiro atoms. The lowest BCUT2D eigenvalue weighted by molar-refractivity contribution is -0.577. The molecular formula is C30H49N7O7. The predicted octanol–water partition coefficient (Wildman–Crippen LogP) is 1.77. The van der Waals surface area contributed by atoms with Crippen molar-refractivity contribution in [1.82, 2.24) is 20.3 Å². The predicted molar refractivity (Wildman–Crippen MR) is 160 cm³/mol. The zero-order chi connectivity index (χ0) is 30.1. The molecule has 1 aromatic rings. The second-order valence-corrected chi connectivity index (χ2v) is 13.3. The van der Waals surface area contributed by atoms with Crippen LogP contribution in [0.25, 0.3) is 0 Å². The van der Waals surface area contributed by atoms with Gasteiger partial charge >= 0.3 is 0 Å². The Kier molecular flexibility index (Phi) is 9.13. The molecule has 6 saturated heterocycles. The first-order valence-corrected chi connectivity index (χ1v) is 16.6. The third-order valence-corrected chi connectivity index (χ3v) is 10.4. The highest BCUT2D eigenvalue weighted by Gasteiger charge is 2.69. The third-order valence-electron chi connectivity index (χ3n) is 10.4. The summed E-state index contributed by atoms with van der Waals surface area (Å²) in [5.41, 5.74) is -0.560. The summed E-state index contributed by atoms with van der Waals surface area (Å²) in [4.78, 5) is 30.7. The van der Waals surface area contributed by atoms with Crippen molar-refractivity contribution in [3.05, 3.63) is 0 Å². The first-order chi connectivity index (χ1) is 21.5. The number of morpholine rings is 2. The van der Waals surface area contributed by atoms with Gasteiger partial charge in [-0.25, -0.2) is 9.78 Å². The Balaban J connectivity index is 0.903. The summed E-state index contributed by atoms with van der Waals surface area (Å²) in [5, 5.41) is 6.85. The molecule has 0 unspecified atom stereocenters. The highest BCUT2D eigenvalue weighted by molar-refractivity contribution is 5.45. The van der Waals surface area contributed by atoms with Crippen molar-refractivity contribution in [3.8, 4) is 0 Å². The normalized spacial score (nSPS) is 38.7. The molecule has 14 heteroatoms. The first kappa shape index (κ1) is 30.7. The Labute approximate surface area is 259 Å². The van der Waals surface area contributed by atoms with Crippen LogP contribution in [0.2, 0.25) is 0 Å². The summed E-state index contributed by atoms with van der Waals surface area (Å²) in [5.74, 6) is 2.51. The van der Waals surface area contributed by atoms with Crippen LogP contribution in [0.1, 0.15) is 46.5 Å². The van der Waals surface area contributed by atoms with Gasteiger partial charge in [0.1, 0.15) is 0 Å². The van der Waals surface area contributed by atoms with Crippen molar-refractivity contribution in [1.29, 1.82) is 0 Å². The second-order valence-electron chi connectivity index (χ2n) is 13.3. The molecule has 0 radical (unpaired) electrons. The number of fused-ring (bicyclic) bond motifs is 2. The van der Waals surface area contributed by atoms with Crippen molar-refractivity contribution >= 4 is 17.8 Å². The summed E-state index contributed by atoms with van der Waals surface area (Å²) in [6, 6.07) is 0. The van der Waals surface area contributed by atoms with Crippen LogP contribution in [-0.4, -0.2) is 118 Å². The van der Waals surface area contributed by atoms with Gasteiger partial charge in [-0.2, -0.15) is 15.0 Å². The van der Waals surface area contributed by atoms with Gasteiger partial charge in [-0.15, -0.1) is 0 Å². The fourth-order valence-corrected chi connectivity index (χ4v) is 7.94. The molecule has 1 aliphatic carbocycles. The lowest BCUT2D eigenvalue weighted by atomic mass is 9.58. The van der Waals surface area contributed by atoms with E-state index in [9.17, 15) is 0 Å². The SMILES string of the molecule is C[C@H]1[C@@H](OCCNCCNc2nc(N3CCOCC3)nc(N3CCOCC3)n2)O[C@@H]2O[C@@]3(C)CC[C@H]4[C@H](C)CC[C@@H]1[C@@]24OO3. The van der Waals surface area contributed by atoms with Gasteiger partial charge in [-0.3, -0.25) is 0 Å². The van der Waals surface area contributed by atoms with E-state index in [0.717, 1.165) is 52.0 Å². The van der Waals surface area contributed by atoms with Gasteiger partial charge in [-0.05, 0) is 38.0 Å². The number of nitrogens with zero attached hydrogens (tertiary/aromatic N) is 5. The van der Waals surface area contributed by atoms with E-state index in [4.69, 9.17) is 48.4 Å². The largest absolute Gasteiger partial charge is 0.378 e. The van der Waals surface area contributed by atoms with Gasteiger partial charge in [0.2, 0.25) is 23.6 Å². The van der Waals surface area contributed by atoms with E-state index in [1.807, 2.05) is 6.92 Å². The summed E-state index contributed by atoms with van der Waals surface area (Å²) in [7, 11) is 0. The van der Waals surface area contributed by atoms with Gasteiger partial charge < -0.3 is 44.1 Å². The molecule has 8 atom stereocenters. The van der Waals surface area contributed by atoms with Crippen LogP contribution < -0.4 is 20.4 Å². The molecule has 246 valence electrons. The maximum Gasteiger partial charge on any atom is 0.232 e. The second kappa shape index (κ2) is 13.1. The average molecular weight is 620 g/mol. The summed E-state index contributed by atoms with van der Waals surface area (Å²) >= 11 is 0. The van der Waals surface area contributed by atoms with E-state index in [1.165, 1.54) is 6.42 Å². The van der Waals surface area contributed by atoms with Gasteiger partial charge in [0, 0.05) is 64.1 Å². The fourth-order valence-electron chi connectivity index (χ4n) is 7.94. The van der Waals surface area contributed by atoms with Crippen LogP contribution in [0.5, 0.6) is 0 Å². The highest BCUT2D eigenvalue weighted by atomic mass is 17.3. The molecule has 6 aliphatic heterocycles. The van der Waals surface area contributed by atoms with Crippen molar-refractivity contribution in [2.24, 2.45) is 23.7 Å². The van der Waals surface area contributed by atoms with Crippen molar-refractivity contribution in [2.75, 3.05) is 94.0 Å². The van der Waals surface area contributed by atoms with E-state index in [-0.39, 0.29) is 18.1 Å². The molecule has 7 fully saturated rings. The number of hydrogen-bond donors (Lipinski definition) is 2. The molecule has 7 aliphatic rings. The molecule has 14 nitrogen and oxygen atoms in total. The quantitative estimate of drug-likeness (QED) is 0.291. The summed E-state index contributed by atoms with van der Waals surface area (Å²) in [6.07, 6.45) is 3.24. The summed E-state index contributed by atoms with van der Waals surface area (Å²) in [6.45, 7) is 14.9. The third kappa shape index (κ3) is 5.99. The Morgan fingerprint density at radius 2 is 1.55 bits per heavy atom. The van der Waals surface area contributed by atoms with Crippen molar-refractivity contribution in [2.45, 2.75) is 70.4 Å². The number of anilines is 3. The molecular weight excluding hydrogens is 570 g/mol. The van der Waals surface area contributed by atoms with Gasteiger partial charge in [0.25, 0.3) is 0 Å². The first-order valence-electron chi connectivity index (χ1n) is 16.6. The van der Waals surface area contributed by atoms with Crippen LogP contribution in [0.3, 0.4) is 0 Å². The zero-order valence-corrected chi connectivity index (χ0v) is 26.4. The minimum atomic E-state index is -0.776. The summed E-state index contributed by atoms with van der Waals surface area (Å²) < 4.78 is 30.3. The van der Waals surface area contributed by atoms with E-state index in [2.05, 4.69) is 34.3 Å². The van der Waals surface area contributed by atoms with Crippen LogP contribution in [-0.2, 0) is 33.5 Å². The monoisotopic (exact) mass is 619 g/mol. The topological polar surface area (TPSA) is 134 Å². The maximum absolute atomic E-state index is 6.53. The Bertz CT molecular complexity index is 1090. The molecule has 2 N–H and O–H groups in total. The van der Waals surface area contributed by atoms with Crippen LogP contribution >= 0.6 is 0 Å². The minimum Gasteiger partial charge on any atom is -0.378 e. The molecule has 0 amide bonds. The van der Waals surface area contributed by atoms with E-state index in [1.54, 1.807) is 0 Å². The Morgan fingerprint density at radius 3 is 2.25 bits per heavy atom. The molecule has 1 saturated carbocycles. The molecule has 2 bridgehead atoms. The highest BCUT2D eigenvalue weighted by Crippen LogP contribution is 2.60. The fraction of sp³-hybridized carbons (Fsp3) is 0.900. The molecule has 1 aromatic heterocycles. The molecule has 7 heterocycles. The van der Waals surface area contributed by atoms with Gasteiger partial charge in [-0.1, -0.05) is 13.8 Å². The van der Waals surface area contributed by atoms with E-state index in [0.29, 0.717) is 75.8 Å². The van der Waals surface area contributed by atoms with Gasteiger partial charge in [0.05, 0.1) is 33.0 Å². The number of ether oxygens (including phenoxy) is 5. The van der Waals surface area contributed by atoms with Gasteiger partial charge in [0.15, 0.2) is 18.2 Å². The Hall–Kier alpha value is -1.91. The molecule has 8 rings (SSSR count). The molecule has 0 aromatic carbocycles. The smallest absolute Gasteiger partial charge is 0.232 e. The lowest BCUT2D eigenvalue weighted by Gasteiger charge is -2.60. The maximum atomic E-state index is 6.53. The average Bonchev–Trinajstić information content (AvgIpc) is 3.29. The van der Waals surface area contributed by atoms with Crippen LogP contribution in [0, 0.1) is 23.7 Å². The molecule has 44 heavy (non-hydrogen) atoms. The van der Waals surface area contributed by atoms with E-state index < -0.39 is 17.7 Å². The lowest BCUT2D eigenvalue weighted by Crippen LogP contribution is -2.70. The number of hydrogen-bond acceptors (Lipinski definition) is 14. The van der Waals surface area contributed by atoms with Crippen LogP contribution in [0.4, 0.5) is 17.8 Å².